The fourth-order valence-electron chi connectivity index (χ4n) is 3.69. The summed E-state index contributed by atoms with van der Waals surface area (Å²) in [5.41, 5.74) is 1.25. The zero-order chi connectivity index (χ0) is 22.9. The molecule has 2 heterocycles. The fraction of sp³-hybridized carbons (Fsp3) is 0.292. The lowest BCUT2D eigenvalue weighted by Crippen LogP contribution is -2.24. The molecule has 1 aromatic heterocycles. The molecule has 1 N–H and O–H groups in total. The molecule has 1 amide bonds. The molecule has 1 aliphatic rings. The molecule has 0 aliphatic carbocycles. The third kappa shape index (κ3) is 4.25. The number of methoxy groups -OCH3 is 1. The number of fused-ring (bicyclic) bond motifs is 1. The second kappa shape index (κ2) is 8.96. The van der Waals surface area contributed by atoms with Gasteiger partial charge in [-0.05, 0) is 36.2 Å². The first-order chi connectivity index (χ1) is 15.3. The molecular formula is C24H25NO5S2. The first-order valence-corrected chi connectivity index (χ1v) is 12.7. The van der Waals surface area contributed by atoms with Crippen LogP contribution in [0, 0.1) is 5.92 Å². The molecule has 0 unspecified atom stereocenters. The maximum atomic E-state index is 13.4. The van der Waals surface area contributed by atoms with E-state index in [1.807, 2.05) is 24.3 Å². The van der Waals surface area contributed by atoms with E-state index in [4.69, 9.17) is 9.47 Å². The van der Waals surface area contributed by atoms with Crippen molar-refractivity contribution in [2.75, 3.05) is 19.0 Å². The van der Waals surface area contributed by atoms with E-state index in [1.165, 1.54) is 30.6 Å². The number of rotatable bonds is 7. The predicted octanol–water partition coefficient (Wildman–Crippen LogP) is 5.10. The third-order valence-electron chi connectivity index (χ3n) is 5.28. The average molecular weight is 472 g/mol. The lowest BCUT2D eigenvalue weighted by atomic mass is 9.90. The molecule has 0 saturated carbocycles. The number of carbonyl (C=O) groups is 1. The summed E-state index contributed by atoms with van der Waals surface area (Å²) in [5, 5.41) is 4.41. The zero-order valence-corrected chi connectivity index (χ0v) is 19.8. The molecule has 168 valence electrons. The van der Waals surface area contributed by atoms with Gasteiger partial charge in [-0.3, -0.25) is 4.79 Å². The molecule has 0 radical (unpaired) electrons. The Morgan fingerprint density at radius 3 is 2.53 bits per heavy atom. The van der Waals surface area contributed by atoms with Crippen LogP contribution in [0.1, 0.15) is 36.6 Å². The lowest BCUT2D eigenvalue weighted by Gasteiger charge is -2.25. The first-order valence-electron chi connectivity index (χ1n) is 10.3. The highest BCUT2D eigenvalue weighted by Crippen LogP contribution is 2.47. The van der Waals surface area contributed by atoms with Crippen molar-refractivity contribution in [3.05, 3.63) is 64.4 Å². The van der Waals surface area contributed by atoms with Crippen LogP contribution in [0.15, 0.2) is 63.7 Å². The highest BCUT2D eigenvalue weighted by Gasteiger charge is 2.35. The molecule has 1 aliphatic heterocycles. The number of ether oxygens (including phenoxy) is 2. The number of benzene rings is 2. The van der Waals surface area contributed by atoms with Gasteiger partial charge in [0, 0.05) is 28.2 Å². The minimum Gasteiger partial charge on any atom is -0.497 e. The highest BCUT2D eigenvalue weighted by molar-refractivity contribution is 7.91. The number of para-hydroxylation sites is 1. The van der Waals surface area contributed by atoms with Crippen LogP contribution in [0.4, 0.5) is 5.69 Å². The summed E-state index contributed by atoms with van der Waals surface area (Å²) in [6, 6.07) is 13.9. The van der Waals surface area contributed by atoms with E-state index in [1.54, 1.807) is 17.5 Å². The van der Waals surface area contributed by atoms with Gasteiger partial charge in [0.15, 0.2) is 0 Å². The smallest absolute Gasteiger partial charge is 0.225 e. The summed E-state index contributed by atoms with van der Waals surface area (Å²) in [5.74, 6) is 1.16. The first kappa shape index (κ1) is 22.4. The highest BCUT2D eigenvalue weighted by atomic mass is 32.2. The minimum absolute atomic E-state index is 0.112. The Balaban J connectivity index is 1.76. The molecule has 6 nitrogen and oxygen atoms in total. The van der Waals surface area contributed by atoms with Crippen molar-refractivity contribution in [2.45, 2.75) is 36.0 Å². The number of thiophene rings is 1. The van der Waals surface area contributed by atoms with Crippen LogP contribution in [0.3, 0.4) is 0 Å². The van der Waals surface area contributed by atoms with Crippen molar-refractivity contribution in [1.29, 1.82) is 0 Å². The summed E-state index contributed by atoms with van der Waals surface area (Å²) in [4.78, 5) is 13.7. The molecule has 0 spiro atoms. The summed E-state index contributed by atoms with van der Waals surface area (Å²) in [7, 11) is -2.29. The molecule has 2 aromatic carbocycles. The van der Waals surface area contributed by atoms with Gasteiger partial charge >= 0.3 is 0 Å². The quantitative estimate of drug-likeness (QED) is 0.519. The van der Waals surface area contributed by atoms with Gasteiger partial charge in [-0.2, -0.15) is 0 Å². The number of hydrogen-bond acceptors (Lipinski definition) is 6. The Labute approximate surface area is 192 Å². The van der Waals surface area contributed by atoms with Gasteiger partial charge in [-0.1, -0.05) is 32.0 Å². The van der Waals surface area contributed by atoms with E-state index in [0.717, 1.165) is 16.2 Å². The topological polar surface area (TPSA) is 81.7 Å². The van der Waals surface area contributed by atoms with E-state index >= 15 is 0 Å². The Hall–Kier alpha value is -2.84. The van der Waals surface area contributed by atoms with Gasteiger partial charge < -0.3 is 14.8 Å². The largest absolute Gasteiger partial charge is 0.497 e. The number of anilines is 1. The SMILES string of the molecule is COc1ccc(S(=O)(=O)c2csc3c2NC(=O)C[C@H]3c2ccccc2OCC(C)C)cc1. The Bertz CT molecular complexity index is 1230. The normalized spacial score (nSPS) is 15.9. The van der Waals surface area contributed by atoms with Crippen LogP contribution in [0.5, 0.6) is 11.5 Å². The number of nitrogens with one attached hydrogen (secondary N) is 1. The van der Waals surface area contributed by atoms with E-state index in [0.29, 0.717) is 24.0 Å². The standard InChI is InChI=1S/C24H25NO5S2/c1-15(2)13-30-20-7-5-4-6-18(20)19-12-22(26)25-23-21(14-31-24(19)23)32(27,28)17-10-8-16(29-3)9-11-17/h4-11,14-15,19H,12-13H2,1-3H3,(H,25,26)/t19-/m0/s1. The van der Waals surface area contributed by atoms with Crippen LogP contribution in [0.25, 0.3) is 0 Å². The summed E-state index contributed by atoms with van der Waals surface area (Å²) < 4.78 is 37.8. The number of amides is 1. The van der Waals surface area contributed by atoms with E-state index in [-0.39, 0.29) is 28.0 Å². The third-order valence-corrected chi connectivity index (χ3v) is 8.32. The van der Waals surface area contributed by atoms with Crippen molar-refractivity contribution < 1.29 is 22.7 Å². The van der Waals surface area contributed by atoms with Crippen molar-refractivity contribution in [1.82, 2.24) is 0 Å². The molecule has 0 bridgehead atoms. The average Bonchev–Trinajstić information content (AvgIpc) is 3.22. The van der Waals surface area contributed by atoms with Gasteiger partial charge in [-0.15, -0.1) is 11.3 Å². The second-order valence-electron chi connectivity index (χ2n) is 8.07. The zero-order valence-electron chi connectivity index (χ0n) is 18.1. The monoisotopic (exact) mass is 471 g/mol. The van der Waals surface area contributed by atoms with Crippen LogP contribution in [0.2, 0.25) is 0 Å². The fourth-order valence-corrected chi connectivity index (χ4v) is 6.59. The van der Waals surface area contributed by atoms with Gasteiger partial charge in [0.1, 0.15) is 16.4 Å². The Morgan fingerprint density at radius 2 is 1.84 bits per heavy atom. The molecular weight excluding hydrogens is 446 g/mol. The number of sulfone groups is 1. The summed E-state index contributed by atoms with van der Waals surface area (Å²) in [6.07, 6.45) is 0.234. The molecule has 4 rings (SSSR count). The van der Waals surface area contributed by atoms with Crippen LogP contribution in [-0.2, 0) is 14.6 Å². The molecule has 32 heavy (non-hydrogen) atoms. The van der Waals surface area contributed by atoms with Crippen molar-refractivity contribution in [3.63, 3.8) is 0 Å². The van der Waals surface area contributed by atoms with E-state index in [2.05, 4.69) is 19.2 Å². The van der Waals surface area contributed by atoms with Crippen molar-refractivity contribution in [3.8, 4) is 11.5 Å². The van der Waals surface area contributed by atoms with Crippen LogP contribution >= 0.6 is 11.3 Å². The molecule has 0 fully saturated rings. The minimum atomic E-state index is -3.81. The summed E-state index contributed by atoms with van der Waals surface area (Å²) in [6.45, 7) is 4.71. The van der Waals surface area contributed by atoms with Crippen molar-refractivity contribution >= 4 is 32.8 Å². The number of hydrogen-bond donors (Lipinski definition) is 1. The molecule has 3 aromatic rings. The molecule has 1 atom stereocenters. The lowest BCUT2D eigenvalue weighted by molar-refractivity contribution is -0.116. The second-order valence-corrected chi connectivity index (χ2v) is 10.9. The van der Waals surface area contributed by atoms with Gasteiger partial charge in [-0.25, -0.2) is 8.42 Å². The van der Waals surface area contributed by atoms with Crippen molar-refractivity contribution in [2.24, 2.45) is 5.92 Å². The maximum Gasteiger partial charge on any atom is 0.225 e. The predicted molar refractivity (Wildman–Crippen MR) is 125 cm³/mol. The van der Waals surface area contributed by atoms with Crippen LogP contribution in [-0.4, -0.2) is 28.0 Å². The van der Waals surface area contributed by atoms with Gasteiger partial charge in [0.2, 0.25) is 15.7 Å². The molecule has 8 heteroatoms. The molecule has 0 saturated heterocycles. The number of carbonyl (C=O) groups excluding carboxylic acids is 1. The maximum absolute atomic E-state index is 13.4. The summed E-state index contributed by atoms with van der Waals surface area (Å²) >= 11 is 1.35. The van der Waals surface area contributed by atoms with Crippen LogP contribution < -0.4 is 14.8 Å². The van der Waals surface area contributed by atoms with Gasteiger partial charge in [0.25, 0.3) is 0 Å². The van der Waals surface area contributed by atoms with E-state index in [9.17, 15) is 13.2 Å². The Morgan fingerprint density at radius 1 is 1.12 bits per heavy atom. The van der Waals surface area contributed by atoms with E-state index < -0.39 is 9.84 Å². The van der Waals surface area contributed by atoms with Gasteiger partial charge in [0.05, 0.1) is 24.3 Å². The Kier molecular flexibility index (Phi) is 6.26.